The van der Waals surface area contributed by atoms with Gasteiger partial charge in [0.1, 0.15) is 0 Å². The molecular formula is C12H23NO3. The molecule has 2 rings (SSSR count). The molecule has 0 aromatic rings. The van der Waals surface area contributed by atoms with Crippen molar-refractivity contribution in [3.05, 3.63) is 0 Å². The predicted molar refractivity (Wildman–Crippen MR) is 61.6 cm³/mol. The van der Waals surface area contributed by atoms with E-state index in [9.17, 15) is 0 Å². The van der Waals surface area contributed by atoms with Gasteiger partial charge in [-0.1, -0.05) is 0 Å². The van der Waals surface area contributed by atoms with E-state index in [-0.39, 0.29) is 6.10 Å². The molecule has 1 N–H and O–H groups in total. The number of nitrogens with one attached hydrogen (secondary N) is 1. The lowest BCUT2D eigenvalue weighted by Crippen LogP contribution is -2.35. The molecule has 0 radical (unpaired) electrons. The minimum Gasteiger partial charge on any atom is -0.382 e. The Labute approximate surface area is 97.6 Å². The lowest BCUT2D eigenvalue weighted by molar-refractivity contribution is -0.0171. The smallest absolute Gasteiger partial charge is 0.0932 e. The molecule has 2 atom stereocenters. The summed E-state index contributed by atoms with van der Waals surface area (Å²) < 4.78 is 16.4. The molecule has 1 saturated carbocycles. The zero-order valence-corrected chi connectivity index (χ0v) is 10.1. The van der Waals surface area contributed by atoms with Crippen LogP contribution in [0.25, 0.3) is 0 Å². The zero-order valence-electron chi connectivity index (χ0n) is 10.1. The summed E-state index contributed by atoms with van der Waals surface area (Å²) in [5, 5.41) is 3.48. The molecule has 0 spiro atoms. The fraction of sp³-hybridized carbons (Fsp3) is 1.00. The van der Waals surface area contributed by atoms with E-state index in [0.717, 1.165) is 38.8 Å². The Hall–Kier alpha value is -0.160. The number of ether oxygens (including phenoxy) is 3. The Bertz CT molecular complexity index is 191. The monoisotopic (exact) mass is 229 g/mol. The van der Waals surface area contributed by atoms with Gasteiger partial charge in [-0.25, -0.2) is 0 Å². The van der Waals surface area contributed by atoms with Crippen LogP contribution in [0.1, 0.15) is 19.3 Å². The summed E-state index contributed by atoms with van der Waals surface area (Å²) in [7, 11) is 1.73. The third kappa shape index (κ3) is 4.37. The highest BCUT2D eigenvalue weighted by Gasteiger charge is 2.23. The molecule has 94 valence electrons. The summed E-state index contributed by atoms with van der Waals surface area (Å²) in [6.07, 6.45) is 3.95. The second kappa shape index (κ2) is 6.55. The summed E-state index contributed by atoms with van der Waals surface area (Å²) in [6, 6.07) is 0.734. The molecule has 0 aromatic carbocycles. The molecule has 2 unspecified atom stereocenters. The number of hydrogen-bond donors (Lipinski definition) is 1. The number of hydrogen-bond acceptors (Lipinski definition) is 4. The number of rotatable bonds is 8. The Morgan fingerprint density at radius 3 is 2.88 bits per heavy atom. The molecule has 1 aliphatic heterocycles. The minimum atomic E-state index is 0.186. The van der Waals surface area contributed by atoms with Crippen molar-refractivity contribution in [3.8, 4) is 0 Å². The normalized spacial score (nSPS) is 27.2. The van der Waals surface area contributed by atoms with E-state index in [1.165, 1.54) is 12.8 Å². The van der Waals surface area contributed by atoms with Gasteiger partial charge in [0.25, 0.3) is 0 Å². The largest absolute Gasteiger partial charge is 0.382 e. The van der Waals surface area contributed by atoms with Crippen LogP contribution >= 0.6 is 0 Å². The lowest BCUT2D eigenvalue weighted by Gasteiger charge is -2.19. The third-order valence-corrected chi connectivity index (χ3v) is 3.16. The minimum absolute atomic E-state index is 0.186. The van der Waals surface area contributed by atoms with Gasteiger partial charge in [-0.15, -0.1) is 0 Å². The van der Waals surface area contributed by atoms with Crippen molar-refractivity contribution in [2.24, 2.45) is 5.92 Å². The summed E-state index contributed by atoms with van der Waals surface area (Å²) in [4.78, 5) is 0. The van der Waals surface area contributed by atoms with Crippen molar-refractivity contribution in [2.75, 3.05) is 40.1 Å². The van der Waals surface area contributed by atoms with Crippen molar-refractivity contribution in [3.63, 3.8) is 0 Å². The summed E-state index contributed by atoms with van der Waals surface area (Å²) in [5.41, 5.74) is 0. The molecule has 16 heavy (non-hydrogen) atoms. The Balaban J connectivity index is 1.59. The van der Waals surface area contributed by atoms with Crippen LogP contribution in [-0.4, -0.2) is 52.2 Å². The second-order valence-electron chi connectivity index (χ2n) is 4.82. The first kappa shape index (κ1) is 12.3. The van der Waals surface area contributed by atoms with E-state index in [0.29, 0.717) is 12.5 Å². The van der Waals surface area contributed by atoms with Crippen LogP contribution < -0.4 is 5.32 Å². The molecular weight excluding hydrogens is 206 g/mol. The first-order valence-corrected chi connectivity index (χ1v) is 6.30. The lowest BCUT2D eigenvalue weighted by atomic mass is 10.1. The van der Waals surface area contributed by atoms with Gasteiger partial charge in [0.05, 0.1) is 25.9 Å². The fourth-order valence-electron chi connectivity index (χ4n) is 1.92. The average molecular weight is 229 g/mol. The first-order valence-electron chi connectivity index (χ1n) is 6.30. The zero-order chi connectivity index (χ0) is 11.2. The maximum Gasteiger partial charge on any atom is 0.0932 e. The van der Waals surface area contributed by atoms with Gasteiger partial charge in [0.2, 0.25) is 0 Å². The molecule has 1 heterocycles. The van der Waals surface area contributed by atoms with Gasteiger partial charge in [-0.3, -0.25) is 0 Å². The molecule has 2 aliphatic rings. The van der Waals surface area contributed by atoms with Crippen molar-refractivity contribution < 1.29 is 14.2 Å². The molecule has 0 aromatic heterocycles. The predicted octanol–water partition coefficient (Wildman–Crippen LogP) is 0.806. The van der Waals surface area contributed by atoms with Crippen molar-refractivity contribution in [1.82, 2.24) is 5.32 Å². The van der Waals surface area contributed by atoms with E-state index in [4.69, 9.17) is 14.2 Å². The molecule has 4 nitrogen and oxygen atoms in total. The maximum atomic E-state index is 5.88. The first-order chi connectivity index (χ1) is 7.88. The highest BCUT2D eigenvalue weighted by molar-refractivity contribution is 4.82. The van der Waals surface area contributed by atoms with Crippen LogP contribution in [0.4, 0.5) is 0 Å². The Morgan fingerprint density at radius 1 is 1.38 bits per heavy atom. The van der Waals surface area contributed by atoms with E-state index in [1.54, 1.807) is 7.11 Å². The van der Waals surface area contributed by atoms with Crippen LogP contribution in [0.5, 0.6) is 0 Å². The van der Waals surface area contributed by atoms with E-state index >= 15 is 0 Å². The molecule has 0 bridgehead atoms. The highest BCUT2D eigenvalue weighted by atomic mass is 16.5. The highest BCUT2D eigenvalue weighted by Crippen LogP contribution is 2.19. The third-order valence-electron chi connectivity index (χ3n) is 3.16. The van der Waals surface area contributed by atoms with Crippen molar-refractivity contribution >= 4 is 0 Å². The van der Waals surface area contributed by atoms with Gasteiger partial charge in [0.15, 0.2) is 0 Å². The van der Waals surface area contributed by atoms with Gasteiger partial charge in [0, 0.05) is 32.2 Å². The second-order valence-corrected chi connectivity index (χ2v) is 4.82. The van der Waals surface area contributed by atoms with Gasteiger partial charge >= 0.3 is 0 Å². The number of methoxy groups -OCH3 is 1. The van der Waals surface area contributed by atoms with Crippen LogP contribution in [0.15, 0.2) is 0 Å². The summed E-state index contributed by atoms with van der Waals surface area (Å²) in [6.45, 7) is 4.14. The fourth-order valence-corrected chi connectivity index (χ4v) is 1.92. The standard InChI is InChI=1S/C12H23NO3/c1-14-9-12(6-13-11-2-3-11)16-8-10-4-5-15-7-10/h10-13H,2-9H2,1H3. The van der Waals surface area contributed by atoms with Crippen LogP contribution in [0.2, 0.25) is 0 Å². The average Bonchev–Trinajstić information content (AvgIpc) is 2.97. The molecule has 1 aliphatic carbocycles. The summed E-state index contributed by atoms with van der Waals surface area (Å²) in [5.74, 6) is 0.584. The molecule has 2 fully saturated rings. The van der Waals surface area contributed by atoms with E-state index < -0.39 is 0 Å². The molecule has 0 amide bonds. The van der Waals surface area contributed by atoms with Gasteiger partial charge < -0.3 is 19.5 Å². The van der Waals surface area contributed by atoms with E-state index in [2.05, 4.69) is 5.32 Å². The van der Waals surface area contributed by atoms with Gasteiger partial charge in [-0.2, -0.15) is 0 Å². The van der Waals surface area contributed by atoms with E-state index in [1.807, 2.05) is 0 Å². The molecule has 4 heteroatoms. The molecule has 1 saturated heterocycles. The van der Waals surface area contributed by atoms with Gasteiger partial charge in [-0.05, 0) is 19.3 Å². The van der Waals surface area contributed by atoms with Crippen molar-refractivity contribution in [1.29, 1.82) is 0 Å². The maximum absolute atomic E-state index is 5.88. The van der Waals surface area contributed by atoms with Crippen LogP contribution in [0.3, 0.4) is 0 Å². The Morgan fingerprint density at radius 2 is 2.25 bits per heavy atom. The Kier molecular flexibility index (Phi) is 5.03. The summed E-state index contributed by atoms with van der Waals surface area (Å²) >= 11 is 0. The van der Waals surface area contributed by atoms with Crippen LogP contribution in [-0.2, 0) is 14.2 Å². The quantitative estimate of drug-likeness (QED) is 0.668. The van der Waals surface area contributed by atoms with Crippen LogP contribution in [0, 0.1) is 5.92 Å². The SMILES string of the molecule is COCC(CNC1CC1)OCC1CCOC1. The topological polar surface area (TPSA) is 39.7 Å². The van der Waals surface area contributed by atoms with Crippen molar-refractivity contribution in [2.45, 2.75) is 31.4 Å².